The molecule has 0 aliphatic rings. The Balaban J connectivity index is 2.61. The molecular weight excluding hydrogens is 230 g/mol. The maximum absolute atomic E-state index is 11.4. The zero-order chi connectivity index (χ0) is 12.2. The van der Waals surface area contributed by atoms with Crippen LogP contribution in [-0.4, -0.2) is 17.5 Å². The Morgan fingerprint density at radius 2 is 2.31 bits per heavy atom. The van der Waals surface area contributed by atoms with Crippen molar-refractivity contribution in [2.24, 2.45) is 11.3 Å². The van der Waals surface area contributed by atoms with Crippen molar-refractivity contribution < 1.29 is 9.53 Å². The highest BCUT2D eigenvalue weighted by atomic mass is 35.5. The van der Waals surface area contributed by atoms with E-state index < -0.39 is 5.41 Å². The van der Waals surface area contributed by atoms with Gasteiger partial charge in [-0.25, -0.2) is 5.84 Å². The van der Waals surface area contributed by atoms with Crippen molar-refractivity contribution in [3.63, 3.8) is 0 Å². The van der Waals surface area contributed by atoms with Crippen molar-refractivity contribution in [3.8, 4) is 5.75 Å². The Hall–Kier alpha value is -1.33. The van der Waals surface area contributed by atoms with Gasteiger partial charge in [-0.3, -0.25) is 15.2 Å². The van der Waals surface area contributed by atoms with E-state index in [-0.39, 0.29) is 12.5 Å². The van der Waals surface area contributed by atoms with Gasteiger partial charge in [0, 0.05) is 12.3 Å². The molecule has 1 heterocycles. The highest BCUT2D eigenvalue weighted by Gasteiger charge is 2.27. The molecule has 0 atom stereocenters. The number of rotatable bonds is 4. The molecule has 0 radical (unpaired) electrons. The Labute approximate surface area is 98.9 Å². The van der Waals surface area contributed by atoms with E-state index in [4.69, 9.17) is 22.2 Å². The van der Waals surface area contributed by atoms with Crippen LogP contribution < -0.4 is 16.0 Å². The smallest absolute Gasteiger partial charge is 0.242 e. The fourth-order valence-electron chi connectivity index (χ4n) is 0.996. The van der Waals surface area contributed by atoms with Gasteiger partial charge in [0.1, 0.15) is 12.4 Å². The number of nitrogens with one attached hydrogen (secondary N) is 1. The molecule has 0 spiro atoms. The third-order valence-corrected chi connectivity index (χ3v) is 2.23. The lowest BCUT2D eigenvalue weighted by Crippen LogP contribution is -2.44. The quantitative estimate of drug-likeness (QED) is 0.472. The molecule has 0 saturated carbocycles. The van der Waals surface area contributed by atoms with E-state index in [1.807, 2.05) is 0 Å². The zero-order valence-electron chi connectivity index (χ0n) is 9.16. The lowest BCUT2D eigenvalue weighted by atomic mass is 9.94. The second kappa shape index (κ2) is 5.14. The van der Waals surface area contributed by atoms with E-state index in [1.165, 1.54) is 12.4 Å². The van der Waals surface area contributed by atoms with E-state index >= 15 is 0 Å². The lowest BCUT2D eigenvalue weighted by Gasteiger charge is -2.22. The van der Waals surface area contributed by atoms with Crippen LogP contribution in [0.1, 0.15) is 13.8 Å². The predicted octanol–water partition coefficient (Wildman–Crippen LogP) is 1.13. The summed E-state index contributed by atoms with van der Waals surface area (Å²) in [4.78, 5) is 15.2. The molecule has 5 nitrogen and oxygen atoms in total. The standard InChI is InChI=1S/C10H14ClN3O2/c1-10(2,9(15)14-12)6-16-8-3-7(11)4-13-5-8/h3-5H,6,12H2,1-2H3,(H,14,15). The van der Waals surface area contributed by atoms with Gasteiger partial charge in [0.15, 0.2) is 0 Å². The lowest BCUT2D eigenvalue weighted by molar-refractivity contribution is -0.130. The second-order valence-electron chi connectivity index (χ2n) is 3.98. The minimum Gasteiger partial charge on any atom is -0.491 e. The Bertz CT molecular complexity index is 382. The molecule has 1 aromatic heterocycles. The normalized spacial score (nSPS) is 11.0. The van der Waals surface area contributed by atoms with Crippen molar-refractivity contribution >= 4 is 17.5 Å². The topological polar surface area (TPSA) is 77.2 Å². The number of carbonyl (C=O) groups is 1. The Morgan fingerprint density at radius 3 is 2.88 bits per heavy atom. The minimum atomic E-state index is -0.711. The van der Waals surface area contributed by atoms with E-state index in [1.54, 1.807) is 19.9 Å². The predicted molar refractivity (Wildman–Crippen MR) is 60.9 cm³/mol. The minimum absolute atomic E-state index is 0.193. The number of carbonyl (C=O) groups excluding carboxylic acids is 1. The summed E-state index contributed by atoms with van der Waals surface area (Å²) in [5.74, 6) is 5.29. The van der Waals surface area contributed by atoms with Gasteiger partial charge in [-0.15, -0.1) is 0 Å². The Kier molecular flexibility index (Phi) is 4.09. The van der Waals surface area contributed by atoms with Gasteiger partial charge in [0.25, 0.3) is 0 Å². The molecule has 0 unspecified atom stereocenters. The van der Waals surface area contributed by atoms with E-state index in [9.17, 15) is 4.79 Å². The van der Waals surface area contributed by atoms with Gasteiger partial charge in [0.2, 0.25) is 5.91 Å². The molecule has 1 aromatic rings. The fraction of sp³-hybridized carbons (Fsp3) is 0.400. The van der Waals surface area contributed by atoms with Crippen LogP contribution in [0.5, 0.6) is 5.75 Å². The monoisotopic (exact) mass is 243 g/mol. The zero-order valence-corrected chi connectivity index (χ0v) is 9.91. The summed E-state index contributed by atoms with van der Waals surface area (Å²) in [6.45, 7) is 3.65. The first-order chi connectivity index (χ1) is 7.45. The number of halogens is 1. The van der Waals surface area contributed by atoms with Gasteiger partial charge in [-0.1, -0.05) is 11.6 Å². The second-order valence-corrected chi connectivity index (χ2v) is 4.42. The van der Waals surface area contributed by atoms with Crippen LogP contribution in [0.4, 0.5) is 0 Å². The van der Waals surface area contributed by atoms with Gasteiger partial charge < -0.3 is 4.74 Å². The molecule has 0 aliphatic heterocycles. The average Bonchev–Trinajstić information content (AvgIpc) is 2.25. The van der Waals surface area contributed by atoms with Crippen LogP contribution in [0.3, 0.4) is 0 Å². The number of hydrazine groups is 1. The van der Waals surface area contributed by atoms with Crippen molar-refractivity contribution in [2.75, 3.05) is 6.61 Å². The number of amides is 1. The number of pyridine rings is 1. The number of nitrogens with zero attached hydrogens (tertiary/aromatic N) is 1. The molecule has 16 heavy (non-hydrogen) atoms. The fourth-order valence-corrected chi connectivity index (χ4v) is 1.16. The van der Waals surface area contributed by atoms with Crippen molar-refractivity contribution in [2.45, 2.75) is 13.8 Å². The van der Waals surface area contributed by atoms with E-state index in [0.29, 0.717) is 10.8 Å². The number of nitrogens with two attached hydrogens (primary N) is 1. The summed E-state index contributed by atoms with van der Waals surface area (Å²) in [6.07, 6.45) is 3.04. The summed E-state index contributed by atoms with van der Waals surface area (Å²) < 4.78 is 5.41. The van der Waals surface area contributed by atoms with Crippen LogP contribution in [-0.2, 0) is 4.79 Å². The first-order valence-corrected chi connectivity index (χ1v) is 5.08. The number of hydrogen-bond donors (Lipinski definition) is 2. The van der Waals surface area contributed by atoms with Crippen LogP contribution in [0.2, 0.25) is 5.02 Å². The van der Waals surface area contributed by atoms with Crippen molar-refractivity contribution in [1.29, 1.82) is 0 Å². The van der Waals surface area contributed by atoms with Crippen molar-refractivity contribution in [1.82, 2.24) is 10.4 Å². The molecular formula is C10H14ClN3O2. The number of ether oxygens (including phenoxy) is 1. The highest BCUT2D eigenvalue weighted by molar-refractivity contribution is 6.30. The molecule has 3 N–H and O–H groups in total. The molecule has 0 bridgehead atoms. The third kappa shape index (κ3) is 3.36. The first-order valence-electron chi connectivity index (χ1n) is 4.70. The molecule has 0 aromatic carbocycles. The van der Waals surface area contributed by atoms with Gasteiger partial charge in [-0.05, 0) is 13.8 Å². The number of hydrogen-bond acceptors (Lipinski definition) is 4. The highest BCUT2D eigenvalue weighted by Crippen LogP contribution is 2.20. The van der Waals surface area contributed by atoms with E-state index in [0.717, 1.165) is 0 Å². The molecule has 0 saturated heterocycles. The maximum Gasteiger partial charge on any atom is 0.242 e. The van der Waals surface area contributed by atoms with Crippen LogP contribution >= 0.6 is 11.6 Å². The molecule has 0 fully saturated rings. The maximum atomic E-state index is 11.4. The van der Waals surface area contributed by atoms with Gasteiger partial charge in [-0.2, -0.15) is 0 Å². The van der Waals surface area contributed by atoms with Crippen molar-refractivity contribution in [3.05, 3.63) is 23.5 Å². The van der Waals surface area contributed by atoms with Gasteiger partial charge >= 0.3 is 0 Å². The molecule has 88 valence electrons. The number of aromatic nitrogens is 1. The summed E-state index contributed by atoms with van der Waals surface area (Å²) in [5.41, 5.74) is 1.38. The Morgan fingerprint density at radius 1 is 1.62 bits per heavy atom. The molecule has 1 amide bonds. The van der Waals surface area contributed by atoms with E-state index in [2.05, 4.69) is 10.4 Å². The summed E-state index contributed by atoms with van der Waals surface area (Å²) in [6, 6.07) is 1.63. The van der Waals surface area contributed by atoms with Crippen LogP contribution in [0.25, 0.3) is 0 Å². The molecule has 0 aliphatic carbocycles. The SMILES string of the molecule is CC(C)(COc1cncc(Cl)c1)C(=O)NN. The summed E-state index contributed by atoms with van der Waals surface area (Å²) in [7, 11) is 0. The first kappa shape index (κ1) is 12.7. The van der Waals surface area contributed by atoms with Crippen LogP contribution in [0, 0.1) is 5.41 Å². The summed E-state index contributed by atoms with van der Waals surface area (Å²) >= 11 is 5.74. The third-order valence-electron chi connectivity index (χ3n) is 2.03. The molecule has 6 heteroatoms. The summed E-state index contributed by atoms with van der Waals surface area (Å²) in [5, 5.41) is 0.485. The largest absolute Gasteiger partial charge is 0.491 e. The molecule has 1 rings (SSSR count). The van der Waals surface area contributed by atoms with Crippen LogP contribution in [0.15, 0.2) is 18.5 Å². The average molecular weight is 244 g/mol. The van der Waals surface area contributed by atoms with Gasteiger partial charge in [0.05, 0.1) is 16.6 Å².